The fraction of sp³-hybridized carbons (Fsp3) is 0.750. The molecule has 114 valence electrons. The summed E-state index contributed by atoms with van der Waals surface area (Å²) in [7, 11) is 0. The van der Waals surface area contributed by atoms with E-state index in [0.717, 1.165) is 0 Å². The third kappa shape index (κ3) is 3.58. The first-order valence-corrected chi connectivity index (χ1v) is 6.09. The normalized spacial score (nSPS) is 16.5. The molecular weight excluding hydrogens is 273 g/mol. The van der Waals surface area contributed by atoms with Crippen LogP contribution in [-0.4, -0.2) is 57.5 Å². The van der Waals surface area contributed by atoms with Crippen molar-refractivity contribution in [3.63, 3.8) is 0 Å². The van der Waals surface area contributed by atoms with E-state index < -0.39 is 41.6 Å². The van der Waals surface area contributed by atoms with Crippen LogP contribution < -0.4 is 0 Å². The molecule has 7 nitrogen and oxygen atoms in total. The van der Waals surface area contributed by atoms with Crippen molar-refractivity contribution in [3.05, 3.63) is 0 Å². The number of nitrogens with zero attached hydrogens (tertiary/aromatic N) is 1. The highest BCUT2D eigenvalue weighted by molar-refractivity contribution is 6.01. The molecule has 1 fully saturated rings. The molecule has 2 N–H and O–H groups in total. The predicted molar refractivity (Wildman–Crippen MR) is 65.0 cm³/mol. The molecule has 1 amide bonds. The van der Waals surface area contributed by atoms with Crippen LogP contribution in [0.3, 0.4) is 0 Å². The summed E-state index contributed by atoms with van der Waals surface area (Å²) in [6.07, 6.45) is -1.25. The van der Waals surface area contributed by atoms with Crippen LogP contribution in [-0.2, 0) is 14.3 Å². The minimum atomic E-state index is -3.31. The fourth-order valence-corrected chi connectivity index (χ4v) is 1.84. The maximum atomic E-state index is 13.8. The molecule has 0 aliphatic carbocycles. The van der Waals surface area contributed by atoms with E-state index in [1.165, 1.54) is 4.90 Å². The van der Waals surface area contributed by atoms with Gasteiger partial charge in [0, 0.05) is 19.5 Å². The molecule has 1 rings (SSSR count). The Hall–Kier alpha value is -1.86. The van der Waals surface area contributed by atoms with Crippen LogP contribution >= 0.6 is 0 Å². The van der Waals surface area contributed by atoms with Crippen LogP contribution in [0.4, 0.5) is 9.18 Å². The molecule has 0 saturated carbocycles. The van der Waals surface area contributed by atoms with Crippen molar-refractivity contribution in [3.8, 4) is 0 Å². The highest BCUT2D eigenvalue weighted by Crippen LogP contribution is 2.30. The number of hydrogen-bond acceptors (Lipinski definition) is 4. The van der Waals surface area contributed by atoms with E-state index in [1.807, 2.05) is 0 Å². The molecule has 0 bridgehead atoms. The van der Waals surface area contributed by atoms with Crippen molar-refractivity contribution in [1.29, 1.82) is 0 Å². The number of ether oxygens (including phenoxy) is 1. The maximum absolute atomic E-state index is 13.8. The first-order chi connectivity index (χ1) is 8.95. The smallest absolute Gasteiger partial charge is 0.410 e. The Morgan fingerprint density at radius 1 is 1.20 bits per heavy atom. The first-order valence-electron chi connectivity index (χ1n) is 6.09. The SMILES string of the molecule is CC(C)(C)OC(=O)N1CC(CC(F)(C(=O)O)C(=O)O)C1. The number of carboxylic acids is 2. The maximum Gasteiger partial charge on any atom is 0.410 e. The van der Waals surface area contributed by atoms with Crippen molar-refractivity contribution in [2.45, 2.75) is 38.5 Å². The van der Waals surface area contributed by atoms with Crippen molar-refractivity contribution in [2.24, 2.45) is 5.92 Å². The topological polar surface area (TPSA) is 104 Å². The molecule has 1 saturated heterocycles. The predicted octanol–water partition coefficient (Wildman–Crippen LogP) is 1.12. The lowest BCUT2D eigenvalue weighted by molar-refractivity contribution is -0.169. The largest absolute Gasteiger partial charge is 0.478 e. The number of hydrogen-bond donors (Lipinski definition) is 2. The van der Waals surface area contributed by atoms with Crippen LogP contribution in [0.1, 0.15) is 27.2 Å². The van der Waals surface area contributed by atoms with Crippen LogP contribution in [0.25, 0.3) is 0 Å². The van der Waals surface area contributed by atoms with Gasteiger partial charge < -0.3 is 19.8 Å². The molecule has 0 aromatic rings. The average Bonchev–Trinajstić information content (AvgIpc) is 2.18. The zero-order valence-electron chi connectivity index (χ0n) is 11.6. The summed E-state index contributed by atoms with van der Waals surface area (Å²) in [5.74, 6) is -4.57. The molecule has 0 unspecified atom stereocenters. The van der Waals surface area contributed by atoms with Gasteiger partial charge in [-0.3, -0.25) is 0 Å². The lowest BCUT2D eigenvalue weighted by Gasteiger charge is -2.40. The van der Waals surface area contributed by atoms with E-state index in [0.29, 0.717) is 0 Å². The number of carboxylic acid groups (broad SMARTS) is 2. The Balaban J connectivity index is 2.52. The van der Waals surface area contributed by atoms with Gasteiger partial charge in [-0.05, 0) is 26.7 Å². The number of halogens is 1. The number of likely N-dealkylation sites (tertiary alicyclic amines) is 1. The monoisotopic (exact) mass is 291 g/mol. The van der Waals surface area contributed by atoms with Crippen molar-refractivity contribution >= 4 is 18.0 Å². The van der Waals surface area contributed by atoms with Gasteiger partial charge in [0.1, 0.15) is 5.60 Å². The minimum absolute atomic E-state index is 0.0845. The number of rotatable bonds is 4. The second kappa shape index (κ2) is 5.26. The van der Waals surface area contributed by atoms with Crippen molar-refractivity contribution in [2.75, 3.05) is 13.1 Å². The highest BCUT2D eigenvalue weighted by atomic mass is 19.1. The van der Waals surface area contributed by atoms with Crippen LogP contribution in [0.15, 0.2) is 0 Å². The Bertz CT molecular complexity index is 410. The highest BCUT2D eigenvalue weighted by Gasteiger charge is 2.51. The lowest BCUT2D eigenvalue weighted by atomic mass is 9.87. The number of amides is 1. The van der Waals surface area contributed by atoms with E-state index in [1.54, 1.807) is 20.8 Å². The molecule has 0 radical (unpaired) electrons. The summed E-state index contributed by atoms with van der Waals surface area (Å²) in [5, 5.41) is 17.3. The van der Waals surface area contributed by atoms with Crippen LogP contribution in [0, 0.1) is 5.92 Å². The quantitative estimate of drug-likeness (QED) is 0.752. The molecular formula is C12H18FNO6. The molecule has 1 aliphatic heterocycles. The van der Waals surface area contributed by atoms with Gasteiger partial charge in [-0.1, -0.05) is 0 Å². The Kier molecular flexibility index (Phi) is 4.26. The van der Waals surface area contributed by atoms with E-state index in [4.69, 9.17) is 14.9 Å². The summed E-state index contributed by atoms with van der Waals surface area (Å²) in [4.78, 5) is 34.2. The van der Waals surface area contributed by atoms with Crippen molar-refractivity contribution in [1.82, 2.24) is 4.90 Å². The van der Waals surface area contributed by atoms with Crippen molar-refractivity contribution < 1.29 is 33.7 Å². The number of aliphatic carboxylic acids is 2. The van der Waals surface area contributed by atoms with Gasteiger partial charge in [0.15, 0.2) is 0 Å². The first kappa shape index (κ1) is 16.2. The van der Waals surface area contributed by atoms with Gasteiger partial charge in [-0.2, -0.15) is 0 Å². The second-order valence-corrected chi connectivity index (χ2v) is 5.87. The van der Waals surface area contributed by atoms with Gasteiger partial charge in [-0.15, -0.1) is 0 Å². The lowest BCUT2D eigenvalue weighted by Crippen LogP contribution is -2.55. The molecule has 8 heteroatoms. The van der Waals surface area contributed by atoms with Gasteiger partial charge in [0.25, 0.3) is 0 Å². The average molecular weight is 291 g/mol. The van der Waals surface area contributed by atoms with E-state index in [2.05, 4.69) is 0 Å². The molecule has 0 spiro atoms. The summed E-state index contributed by atoms with van der Waals surface area (Å²) < 4.78 is 18.8. The fourth-order valence-electron chi connectivity index (χ4n) is 1.84. The third-order valence-electron chi connectivity index (χ3n) is 2.86. The summed E-state index contributed by atoms with van der Waals surface area (Å²) >= 11 is 0. The summed E-state index contributed by atoms with van der Waals surface area (Å²) in [6, 6.07) is 0. The van der Waals surface area contributed by atoms with E-state index >= 15 is 0 Å². The Morgan fingerprint density at radius 2 is 1.65 bits per heavy atom. The third-order valence-corrected chi connectivity index (χ3v) is 2.86. The van der Waals surface area contributed by atoms with Gasteiger partial charge >= 0.3 is 23.7 Å². The van der Waals surface area contributed by atoms with Gasteiger partial charge in [0.2, 0.25) is 0 Å². The molecule has 1 aliphatic rings. The van der Waals surface area contributed by atoms with E-state index in [9.17, 15) is 18.8 Å². The van der Waals surface area contributed by atoms with Gasteiger partial charge in [0.05, 0.1) is 0 Å². The standard InChI is InChI=1S/C12H18FNO6/c1-11(2,3)20-10(19)14-5-7(6-14)4-12(13,8(15)16)9(17)18/h7H,4-6H2,1-3H3,(H,15,16)(H,17,18). The number of carbonyl (C=O) groups is 3. The second-order valence-electron chi connectivity index (χ2n) is 5.87. The number of alkyl halides is 1. The zero-order chi connectivity index (χ0) is 15.7. The molecule has 1 heterocycles. The molecule has 0 aromatic carbocycles. The minimum Gasteiger partial charge on any atom is -0.478 e. The Labute approximate surface area is 115 Å². The number of carbonyl (C=O) groups excluding carboxylic acids is 1. The van der Waals surface area contributed by atoms with Crippen LogP contribution in [0.2, 0.25) is 0 Å². The Morgan fingerprint density at radius 3 is 2.00 bits per heavy atom. The zero-order valence-corrected chi connectivity index (χ0v) is 11.6. The van der Waals surface area contributed by atoms with Crippen LogP contribution in [0.5, 0.6) is 0 Å². The van der Waals surface area contributed by atoms with Gasteiger partial charge in [-0.25, -0.2) is 18.8 Å². The van der Waals surface area contributed by atoms with E-state index in [-0.39, 0.29) is 13.1 Å². The molecule has 0 aromatic heterocycles. The summed E-state index contributed by atoms with van der Waals surface area (Å²) in [5.41, 5.74) is -3.97. The molecule has 0 atom stereocenters. The summed E-state index contributed by atoms with van der Waals surface area (Å²) in [6.45, 7) is 5.26. The molecule has 20 heavy (non-hydrogen) atoms.